The van der Waals surface area contributed by atoms with E-state index in [0.717, 1.165) is 12.8 Å². The number of hydrogen-bond acceptors (Lipinski definition) is 4. The largest absolute Gasteiger partial charge is 0.390 e. The minimum atomic E-state index is -0.396. The van der Waals surface area contributed by atoms with Crippen molar-refractivity contribution < 1.29 is 14.6 Å². The lowest BCUT2D eigenvalue weighted by Crippen LogP contribution is -2.43. The van der Waals surface area contributed by atoms with Crippen LogP contribution >= 0.6 is 0 Å². The average molecular weight is 175 g/mol. The van der Waals surface area contributed by atoms with Gasteiger partial charge in [-0.2, -0.15) is 0 Å². The lowest BCUT2D eigenvalue weighted by molar-refractivity contribution is -0.135. The highest BCUT2D eigenvalue weighted by molar-refractivity contribution is 4.78. The Morgan fingerprint density at radius 3 is 2.92 bits per heavy atom. The molecule has 0 amide bonds. The molecule has 0 aromatic carbocycles. The van der Waals surface area contributed by atoms with Gasteiger partial charge in [-0.3, -0.25) is 0 Å². The second kappa shape index (κ2) is 4.77. The second-order valence-corrected chi connectivity index (χ2v) is 3.13. The molecule has 0 radical (unpaired) electrons. The Hall–Kier alpha value is -0.160. The topological polar surface area (TPSA) is 64.7 Å². The molecule has 3 N–H and O–H groups in total. The molecule has 0 aliphatic carbocycles. The van der Waals surface area contributed by atoms with Gasteiger partial charge in [0.05, 0.1) is 18.8 Å². The maximum absolute atomic E-state index is 9.47. The first-order chi connectivity index (χ1) is 5.77. The molecule has 4 nitrogen and oxygen atoms in total. The number of ether oxygens (including phenoxy) is 2. The molecular formula is C8H17NO3. The zero-order valence-electron chi connectivity index (χ0n) is 7.40. The van der Waals surface area contributed by atoms with Gasteiger partial charge in [0.2, 0.25) is 0 Å². The molecule has 72 valence electrons. The first-order valence-electron chi connectivity index (χ1n) is 4.30. The van der Waals surface area contributed by atoms with E-state index in [-0.39, 0.29) is 12.2 Å². The van der Waals surface area contributed by atoms with Crippen LogP contribution in [0, 0.1) is 0 Å². The second-order valence-electron chi connectivity index (χ2n) is 3.13. The summed E-state index contributed by atoms with van der Waals surface area (Å²) >= 11 is 0. The van der Waals surface area contributed by atoms with E-state index in [1.54, 1.807) is 7.11 Å². The van der Waals surface area contributed by atoms with Gasteiger partial charge in [-0.25, -0.2) is 0 Å². The number of aliphatic hydroxyl groups excluding tert-OH is 1. The van der Waals surface area contributed by atoms with Crippen molar-refractivity contribution in [3.63, 3.8) is 0 Å². The lowest BCUT2D eigenvalue weighted by Gasteiger charge is -2.32. The third-order valence-electron chi connectivity index (χ3n) is 2.17. The Kier molecular flexibility index (Phi) is 3.94. The Morgan fingerprint density at radius 1 is 1.58 bits per heavy atom. The molecule has 1 saturated heterocycles. The number of nitrogens with two attached hydrogens (primary N) is 1. The number of aliphatic hydroxyl groups is 1. The van der Waals surface area contributed by atoms with E-state index < -0.39 is 6.10 Å². The van der Waals surface area contributed by atoms with Crippen LogP contribution in [0.1, 0.15) is 12.8 Å². The third kappa shape index (κ3) is 2.42. The fraction of sp³-hybridized carbons (Fsp3) is 1.00. The molecule has 0 aromatic rings. The summed E-state index contributed by atoms with van der Waals surface area (Å²) in [6.07, 6.45) is 1.10. The van der Waals surface area contributed by atoms with Gasteiger partial charge in [-0.1, -0.05) is 0 Å². The molecular weight excluding hydrogens is 158 g/mol. The highest BCUT2D eigenvalue weighted by Crippen LogP contribution is 2.18. The fourth-order valence-electron chi connectivity index (χ4n) is 1.44. The summed E-state index contributed by atoms with van der Waals surface area (Å²) in [5, 5.41) is 9.47. The molecule has 12 heavy (non-hydrogen) atoms. The van der Waals surface area contributed by atoms with Gasteiger partial charge in [-0.15, -0.1) is 0 Å². The summed E-state index contributed by atoms with van der Waals surface area (Å²) < 4.78 is 10.4. The number of methoxy groups -OCH3 is 1. The van der Waals surface area contributed by atoms with Crippen LogP contribution < -0.4 is 5.73 Å². The summed E-state index contributed by atoms with van der Waals surface area (Å²) in [6, 6.07) is 0. The Labute approximate surface area is 72.6 Å². The molecule has 0 saturated carbocycles. The predicted octanol–water partition coefficient (Wildman–Crippen LogP) is -0.500. The van der Waals surface area contributed by atoms with Gasteiger partial charge >= 0.3 is 0 Å². The maximum Gasteiger partial charge on any atom is 0.107 e. The van der Waals surface area contributed by atoms with E-state index in [9.17, 15) is 5.11 Å². The van der Waals surface area contributed by atoms with E-state index in [0.29, 0.717) is 13.2 Å². The Bertz CT molecular complexity index is 131. The van der Waals surface area contributed by atoms with E-state index in [2.05, 4.69) is 0 Å². The van der Waals surface area contributed by atoms with Crippen molar-refractivity contribution in [3.8, 4) is 0 Å². The van der Waals surface area contributed by atoms with E-state index in [1.807, 2.05) is 0 Å². The van der Waals surface area contributed by atoms with E-state index in [1.165, 1.54) is 0 Å². The van der Waals surface area contributed by atoms with Gasteiger partial charge in [0.15, 0.2) is 0 Å². The van der Waals surface area contributed by atoms with Crippen molar-refractivity contribution in [1.29, 1.82) is 0 Å². The highest BCUT2D eigenvalue weighted by Gasteiger charge is 2.28. The smallest absolute Gasteiger partial charge is 0.107 e. The predicted molar refractivity (Wildman–Crippen MR) is 44.8 cm³/mol. The van der Waals surface area contributed by atoms with Crippen molar-refractivity contribution in [3.05, 3.63) is 0 Å². The monoisotopic (exact) mass is 175 g/mol. The minimum Gasteiger partial charge on any atom is -0.390 e. The molecule has 4 heteroatoms. The zero-order chi connectivity index (χ0) is 8.97. The van der Waals surface area contributed by atoms with Crippen LogP contribution in [0.15, 0.2) is 0 Å². The van der Waals surface area contributed by atoms with E-state index >= 15 is 0 Å². The fourth-order valence-corrected chi connectivity index (χ4v) is 1.44. The molecule has 1 fully saturated rings. The standard InChI is InChI=1S/C8H17NO3/c1-11-5-8-7(10)3-2-6(4-9)12-8/h6-8,10H,2-5,9H2,1H3/t6-,7-,8+/m0/s1. The van der Waals surface area contributed by atoms with Gasteiger partial charge in [-0.05, 0) is 12.8 Å². The Morgan fingerprint density at radius 2 is 2.33 bits per heavy atom. The first kappa shape index (κ1) is 9.92. The summed E-state index contributed by atoms with van der Waals surface area (Å²) in [5.74, 6) is 0. The van der Waals surface area contributed by atoms with Crippen LogP contribution in [0.3, 0.4) is 0 Å². The van der Waals surface area contributed by atoms with E-state index in [4.69, 9.17) is 15.2 Å². The Balaban J connectivity index is 2.36. The first-order valence-corrected chi connectivity index (χ1v) is 4.30. The number of hydrogen-bond donors (Lipinski definition) is 2. The summed E-state index contributed by atoms with van der Waals surface area (Å²) in [6.45, 7) is 0.963. The summed E-state index contributed by atoms with van der Waals surface area (Å²) in [4.78, 5) is 0. The highest BCUT2D eigenvalue weighted by atomic mass is 16.5. The van der Waals surface area contributed by atoms with Crippen molar-refractivity contribution in [2.24, 2.45) is 5.73 Å². The van der Waals surface area contributed by atoms with Crippen LogP contribution in [0.25, 0.3) is 0 Å². The van der Waals surface area contributed by atoms with Crippen molar-refractivity contribution >= 4 is 0 Å². The summed E-state index contributed by atoms with van der Waals surface area (Å²) in [7, 11) is 1.60. The average Bonchev–Trinajstić information content (AvgIpc) is 2.09. The van der Waals surface area contributed by atoms with Gasteiger partial charge < -0.3 is 20.3 Å². The van der Waals surface area contributed by atoms with Crippen molar-refractivity contribution in [1.82, 2.24) is 0 Å². The SMILES string of the molecule is COC[C@H]1O[C@H](CN)CC[C@@H]1O. The van der Waals surface area contributed by atoms with Gasteiger partial charge in [0.25, 0.3) is 0 Å². The maximum atomic E-state index is 9.47. The molecule has 1 aliphatic heterocycles. The molecule has 0 bridgehead atoms. The van der Waals surface area contributed by atoms with Crippen LogP contribution in [0.2, 0.25) is 0 Å². The van der Waals surface area contributed by atoms with Gasteiger partial charge in [0, 0.05) is 13.7 Å². The third-order valence-corrected chi connectivity index (χ3v) is 2.17. The van der Waals surface area contributed by atoms with Crippen molar-refractivity contribution in [2.45, 2.75) is 31.2 Å². The molecule has 0 unspecified atom stereocenters. The molecule has 0 spiro atoms. The zero-order valence-corrected chi connectivity index (χ0v) is 7.40. The summed E-state index contributed by atoms with van der Waals surface area (Å²) in [5.41, 5.74) is 5.46. The van der Waals surface area contributed by atoms with Crippen LogP contribution in [-0.2, 0) is 9.47 Å². The molecule has 1 rings (SSSR count). The molecule has 1 heterocycles. The molecule has 3 atom stereocenters. The minimum absolute atomic E-state index is 0.0912. The quantitative estimate of drug-likeness (QED) is 0.607. The molecule has 1 aliphatic rings. The van der Waals surface area contributed by atoms with Crippen LogP contribution in [-0.4, -0.2) is 43.7 Å². The van der Waals surface area contributed by atoms with Gasteiger partial charge in [0.1, 0.15) is 6.10 Å². The van der Waals surface area contributed by atoms with Crippen molar-refractivity contribution in [2.75, 3.05) is 20.3 Å². The lowest BCUT2D eigenvalue weighted by atomic mass is 10.0. The van der Waals surface area contributed by atoms with Crippen LogP contribution in [0.5, 0.6) is 0 Å². The van der Waals surface area contributed by atoms with Crippen LogP contribution in [0.4, 0.5) is 0 Å². The molecule has 0 aromatic heterocycles. The number of rotatable bonds is 3. The normalized spacial score (nSPS) is 36.8.